The van der Waals surface area contributed by atoms with Crippen molar-refractivity contribution in [2.45, 2.75) is 27.2 Å². The first kappa shape index (κ1) is 17.1. The lowest BCUT2D eigenvalue weighted by molar-refractivity contribution is 0.146. The molecule has 0 atom stereocenters. The number of H-pyrrole nitrogens is 1. The summed E-state index contributed by atoms with van der Waals surface area (Å²) in [4.78, 5) is 17.0. The summed E-state index contributed by atoms with van der Waals surface area (Å²) >= 11 is 0. The SMILES string of the molecule is CCOCCCN=C(C)c1c(C)[nH]n(-c2ccc(F)cc2)c1=O. The Morgan fingerprint density at radius 3 is 2.70 bits per heavy atom. The number of benzene rings is 1. The number of aromatic nitrogens is 2. The smallest absolute Gasteiger partial charge is 0.280 e. The highest BCUT2D eigenvalue weighted by Gasteiger charge is 2.14. The molecule has 0 spiro atoms. The number of ether oxygens (including phenoxy) is 1. The summed E-state index contributed by atoms with van der Waals surface area (Å²) in [6, 6.07) is 5.77. The molecular weight excluding hydrogens is 297 g/mol. The van der Waals surface area contributed by atoms with Gasteiger partial charge in [0.15, 0.2) is 0 Å². The second-order valence-corrected chi connectivity index (χ2v) is 5.25. The fraction of sp³-hybridized carbons (Fsp3) is 0.412. The summed E-state index contributed by atoms with van der Waals surface area (Å²) in [5, 5.41) is 3.02. The van der Waals surface area contributed by atoms with Gasteiger partial charge in [-0.2, -0.15) is 0 Å². The van der Waals surface area contributed by atoms with Gasteiger partial charge >= 0.3 is 0 Å². The number of aromatic amines is 1. The zero-order valence-electron chi connectivity index (χ0n) is 13.7. The second-order valence-electron chi connectivity index (χ2n) is 5.25. The fourth-order valence-electron chi connectivity index (χ4n) is 2.38. The largest absolute Gasteiger partial charge is 0.382 e. The molecule has 0 fully saturated rings. The molecule has 0 radical (unpaired) electrons. The van der Waals surface area contributed by atoms with Crippen LogP contribution in [0.5, 0.6) is 0 Å². The quantitative estimate of drug-likeness (QED) is 0.630. The Bertz CT molecular complexity index is 729. The first-order chi connectivity index (χ1) is 11.0. The summed E-state index contributed by atoms with van der Waals surface area (Å²) in [6.45, 7) is 7.59. The predicted octanol–water partition coefficient (Wildman–Crippen LogP) is 2.85. The first-order valence-corrected chi connectivity index (χ1v) is 7.71. The molecule has 0 aliphatic rings. The number of aryl methyl sites for hydroxylation is 1. The van der Waals surface area contributed by atoms with E-state index in [1.807, 2.05) is 20.8 Å². The van der Waals surface area contributed by atoms with Gasteiger partial charge in [-0.25, -0.2) is 9.07 Å². The molecule has 1 N–H and O–H groups in total. The molecule has 2 aromatic rings. The molecule has 0 aliphatic carbocycles. The molecule has 1 aromatic heterocycles. The zero-order chi connectivity index (χ0) is 16.8. The van der Waals surface area contributed by atoms with Gasteiger partial charge in [0.2, 0.25) is 0 Å². The van der Waals surface area contributed by atoms with E-state index in [9.17, 15) is 9.18 Å². The van der Waals surface area contributed by atoms with Crippen molar-refractivity contribution in [3.8, 4) is 5.69 Å². The monoisotopic (exact) mass is 319 g/mol. The van der Waals surface area contributed by atoms with E-state index < -0.39 is 0 Å². The number of halogens is 1. The fourth-order valence-corrected chi connectivity index (χ4v) is 2.38. The summed E-state index contributed by atoms with van der Waals surface area (Å²) in [6.07, 6.45) is 0.820. The van der Waals surface area contributed by atoms with Crippen molar-refractivity contribution in [3.05, 3.63) is 51.7 Å². The van der Waals surface area contributed by atoms with E-state index in [1.165, 1.54) is 16.8 Å². The molecule has 0 aliphatic heterocycles. The Labute approximate surface area is 134 Å². The van der Waals surface area contributed by atoms with E-state index in [2.05, 4.69) is 10.1 Å². The minimum absolute atomic E-state index is 0.180. The maximum atomic E-state index is 13.0. The van der Waals surface area contributed by atoms with Crippen molar-refractivity contribution in [1.29, 1.82) is 0 Å². The Hall–Kier alpha value is -2.21. The van der Waals surface area contributed by atoms with Gasteiger partial charge in [-0.15, -0.1) is 0 Å². The van der Waals surface area contributed by atoms with Crippen LogP contribution in [-0.4, -0.2) is 35.3 Å². The third kappa shape index (κ3) is 4.16. The second kappa shape index (κ2) is 7.87. The summed E-state index contributed by atoms with van der Waals surface area (Å²) in [5.41, 5.74) is 2.41. The molecule has 23 heavy (non-hydrogen) atoms. The molecule has 5 nitrogen and oxygen atoms in total. The molecule has 0 saturated heterocycles. The Morgan fingerprint density at radius 2 is 2.04 bits per heavy atom. The van der Waals surface area contributed by atoms with E-state index in [0.29, 0.717) is 36.7 Å². The molecule has 0 unspecified atom stereocenters. The molecular formula is C17H22FN3O2. The van der Waals surface area contributed by atoms with Gasteiger partial charge in [-0.1, -0.05) is 0 Å². The summed E-state index contributed by atoms with van der Waals surface area (Å²) in [7, 11) is 0. The van der Waals surface area contributed by atoms with Gasteiger partial charge in [0.05, 0.1) is 11.3 Å². The van der Waals surface area contributed by atoms with Crippen molar-refractivity contribution in [3.63, 3.8) is 0 Å². The Morgan fingerprint density at radius 1 is 1.35 bits per heavy atom. The van der Waals surface area contributed by atoms with E-state index in [-0.39, 0.29) is 11.4 Å². The number of hydrogen-bond acceptors (Lipinski definition) is 3. The summed E-state index contributed by atoms with van der Waals surface area (Å²) in [5.74, 6) is -0.336. The third-order valence-corrected chi connectivity index (χ3v) is 3.52. The van der Waals surface area contributed by atoms with Gasteiger partial charge in [0.25, 0.3) is 5.56 Å². The highest BCUT2D eigenvalue weighted by molar-refractivity contribution is 5.99. The number of aliphatic imine (C=N–C) groups is 1. The zero-order valence-corrected chi connectivity index (χ0v) is 13.7. The molecule has 1 aromatic carbocycles. The van der Waals surface area contributed by atoms with Gasteiger partial charge in [0, 0.05) is 31.2 Å². The third-order valence-electron chi connectivity index (χ3n) is 3.52. The maximum absolute atomic E-state index is 13.0. The molecule has 124 valence electrons. The van der Waals surface area contributed by atoms with Crippen LogP contribution >= 0.6 is 0 Å². The number of nitrogens with one attached hydrogen (secondary N) is 1. The van der Waals surface area contributed by atoms with Crippen molar-refractivity contribution < 1.29 is 9.13 Å². The average molecular weight is 319 g/mol. The standard InChI is InChI=1S/C17H22FN3O2/c1-4-23-11-5-10-19-12(2)16-13(3)20-21(17(16)22)15-8-6-14(18)7-9-15/h6-9,20H,4-5,10-11H2,1-3H3. The van der Waals surface area contributed by atoms with Crippen molar-refractivity contribution in [2.24, 2.45) is 4.99 Å². The maximum Gasteiger partial charge on any atom is 0.280 e. The highest BCUT2D eigenvalue weighted by Crippen LogP contribution is 2.09. The van der Waals surface area contributed by atoms with Gasteiger partial charge in [-0.05, 0) is 51.5 Å². The van der Waals surface area contributed by atoms with Crippen LogP contribution in [0, 0.1) is 12.7 Å². The Balaban J connectivity index is 2.22. The Kier molecular flexibility index (Phi) is 5.87. The van der Waals surface area contributed by atoms with Crippen LogP contribution in [0.3, 0.4) is 0 Å². The topological polar surface area (TPSA) is 59.4 Å². The van der Waals surface area contributed by atoms with E-state index in [1.54, 1.807) is 12.1 Å². The van der Waals surface area contributed by atoms with E-state index in [4.69, 9.17) is 4.74 Å². The number of hydrogen-bond donors (Lipinski definition) is 1. The number of nitrogens with zero attached hydrogens (tertiary/aromatic N) is 2. The number of rotatable bonds is 7. The van der Waals surface area contributed by atoms with E-state index in [0.717, 1.165) is 12.1 Å². The predicted molar refractivity (Wildman–Crippen MR) is 89.3 cm³/mol. The van der Waals surface area contributed by atoms with Crippen LogP contribution in [0.4, 0.5) is 4.39 Å². The minimum atomic E-state index is -0.336. The molecule has 0 saturated carbocycles. The lowest BCUT2D eigenvalue weighted by atomic mass is 10.2. The normalized spacial score (nSPS) is 11.9. The van der Waals surface area contributed by atoms with Crippen molar-refractivity contribution in [1.82, 2.24) is 9.78 Å². The lowest BCUT2D eigenvalue weighted by Crippen LogP contribution is -2.20. The van der Waals surface area contributed by atoms with E-state index >= 15 is 0 Å². The van der Waals surface area contributed by atoms with Crippen molar-refractivity contribution >= 4 is 5.71 Å². The molecule has 2 rings (SSSR count). The summed E-state index contributed by atoms with van der Waals surface area (Å²) < 4.78 is 19.7. The minimum Gasteiger partial charge on any atom is -0.382 e. The van der Waals surface area contributed by atoms with Crippen molar-refractivity contribution in [2.75, 3.05) is 19.8 Å². The highest BCUT2D eigenvalue weighted by atomic mass is 19.1. The molecule has 1 heterocycles. The lowest BCUT2D eigenvalue weighted by Gasteiger charge is -2.01. The molecule has 6 heteroatoms. The van der Waals surface area contributed by atoms with Crippen LogP contribution in [0.15, 0.2) is 34.1 Å². The molecule has 0 amide bonds. The van der Waals surface area contributed by atoms with Crippen LogP contribution in [0.25, 0.3) is 5.69 Å². The van der Waals surface area contributed by atoms with Gasteiger partial charge < -0.3 is 4.74 Å². The molecule has 0 bridgehead atoms. The van der Waals surface area contributed by atoms with Crippen LogP contribution in [0.1, 0.15) is 31.5 Å². The first-order valence-electron chi connectivity index (χ1n) is 7.71. The van der Waals surface area contributed by atoms with Crippen LogP contribution < -0.4 is 5.56 Å². The van der Waals surface area contributed by atoms with Gasteiger partial charge in [0.1, 0.15) is 5.82 Å². The van der Waals surface area contributed by atoms with Crippen LogP contribution in [0.2, 0.25) is 0 Å². The average Bonchev–Trinajstić information content (AvgIpc) is 2.82. The van der Waals surface area contributed by atoms with Crippen LogP contribution in [-0.2, 0) is 4.74 Å². The van der Waals surface area contributed by atoms with Gasteiger partial charge in [-0.3, -0.25) is 14.9 Å².